The molecule has 0 aliphatic rings. The van der Waals surface area contributed by atoms with Crippen molar-refractivity contribution in [3.05, 3.63) is 64.2 Å². The molecule has 0 radical (unpaired) electrons. The zero-order valence-corrected chi connectivity index (χ0v) is 13.9. The van der Waals surface area contributed by atoms with E-state index in [2.05, 4.69) is 5.32 Å². The molecule has 0 fully saturated rings. The number of hydrogen-bond acceptors (Lipinski definition) is 4. The molecule has 3 rings (SSSR count). The molecule has 0 unspecified atom stereocenters. The number of amides is 1. The maximum Gasteiger partial charge on any atom is 0.261 e. The fourth-order valence-electron chi connectivity index (χ4n) is 2.39. The van der Waals surface area contributed by atoms with Crippen molar-refractivity contribution < 1.29 is 13.9 Å². The number of ether oxygens (including phenoxy) is 1. The molecular weight excluding hydrogens is 328 g/mol. The highest BCUT2D eigenvalue weighted by molar-refractivity contribution is 6.31. The minimum absolute atomic E-state index is 0.119. The first-order valence-corrected chi connectivity index (χ1v) is 7.60. The van der Waals surface area contributed by atoms with Crippen molar-refractivity contribution in [2.24, 2.45) is 0 Å². The van der Waals surface area contributed by atoms with Crippen LogP contribution in [0, 0.1) is 12.3 Å². The zero-order valence-electron chi connectivity index (χ0n) is 13.1. The monoisotopic (exact) mass is 342 g/mol. The molecule has 5 nitrogen and oxygen atoms in total. The molecule has 122 valence electrons. The number of halogens is 1. The van der Waals surface area contributed by atoms with E-state index in [-0.39, 0.29) is 11.1 Å². The van der Waals surface area contributed by atoms with E-state index < -0.39 is 5.91 Å². The molecule has 0 saturated heterocycles. The number of aryl methyl sites for hydroxylation is 1. The van der Waals surface area contributed by atoms with Gasteiger partial charge < -0.3 is 14.5 Å². The van der Waals surface area contributed by atoms with E-state index in [1.165, 1.54) is 7.11 Å². The Balaban J connectivity index is 2.01. The minimum Gasteiger partial charge on any atom is -0.495 e. The first-order chi connectivity index (χ1) is 11.5. The van der Waals surface area contributed by atoms with Crippen LogP contribution in [0.4, 0.5) is 5.69 Å². The Morgan fingerprint density at radius 2 is 2.00 bits per heavy atom. The van der Waals surface area contributed by atoms with Crippen molar-refractivity contribution >= 4 is 34.2 Å². The molecule has 24 heavy (non-hydrogen) atoms. The van der Waals surface area contributed by atoms with Gasteiger partial charge in [0.15, 0.2) is 0 Å². The standard InChI is InChI=1S/C18H15ClN2O3/c1-10-3-5-16(23-2)14(7-10)21-18(22)13-9-11-8-12(19)4-6-15(11)24-17(13)20/h3-9,20H,1-2H3,(H,21,22). The Morgan fingerprint density at radius 1 is 1.21 bits per heavy atom. The van der Waals surface area contributed by atoms with Crippen LogP contribution in [-0.4, -0.2) is 13.0 Å². The third-order valence-electron chi connectivity index (χ3n) is 3.58. The number of benzene rings is 2. The van der Waals surface area contributed by atoms with Gasteiger partial charge in [0.2, 0.25) is 5.55 Å². The van der Waals surface area contributed by atoms with Gasteiger partial charge in [-0.1, -0.05) is 17.7 Å². The van der Waals surface area contributed by atoms with Crippen molar-refractivity contribution in [1.29, 1.82) is 5.41 Å². The number of carbonyl (C=O) groups excluding carboxylic acids is 1. The molecule has 0 spiro atoms. The predicted molar refractivity (Wildman–Crippen MR) is 92.8 cm³/mol. The topological polar surface area (TPSA) is 75.3 Å². The molecule has 2 aromatic carbocycles. The minimum atomic E-state index is -0.450. The first-order valence-electron chi connectivity index (χ1n) is 7.22. The second-order valence-electron chi connectivity index (χ2n) is 5.33. The van der Waals surface area contributed by atoms with E-state index in [9.17, 15) is 4.79 Å². The molecular formula is C18H15ClN2O3. The maximum absolute atomic E-state index is 12.6. The van der Waals surface area contributed by atoms with Gasteiger partial charge in [0.1, 0.15) is 16.9 Å². The van der Waals surface area contributed by atoms with Crippen LogP contribution in [0.15, 0.2) is 46.9 Å². The number of hydrogen-bond donors (Lipinski definition) is 2. The molecule has 1 aromatic heterocycles. The van der Waals surface area contributed by atoms with Crippen molar-refractivity contribution in [3.8, 4) is 5.75 Å². The molecule has 0 aliphatic heterocycles. The lowest BCUT2D eigenvalue weighted by Crippen LogP contribution is -2.21. The molecule has 6 heteroatoms. The third-order valence-corrected chi connectivity index (χ3v) is 3.81. The van der Waals surface area contributed by atoms with Crippen molar-refractivity contribution in [2.45, 2.75) is 6.92 Å². The Labute approximate surface area is 143 Å². The van der Waals surface area contributed by atoms with Gasteiger partial charge in [-0.05, 0) is 48.9 Å². The largest absolute Gasteiger partial charge is 0.495 e. The van der Waals surface area contributed by atoms with Crippen LogP contribution in [0.3, 0.4) is 0 Å². The molecule has 1 amide bonds. The number of fused-ring (bicyclic) bond motifs is 1. The van der Waals surface area contributed by atoms with Gasteiger partial charge in [-0.25, -0.2) is 0 Å². The lowest BCUT2D eigenvalue weighted by atomic mass is 10.1. The van der Waals surface area contributed by atoms with Crippen LogP contribution in [0.25, 0.3) is 11.0 Å². The van der Waals surface area contributed by atoms with Gasteiger partial charge in [0.25, 0.3) is 5.91 Å². The summed E-state index contributed by atoms with van der Waals surface area (Å²) in [5, 5.41) is 11.9. The Morgan fingerprint density at radius 3 is 2.75 bits per heavy atom. The molecule has 0 aliphatic carbocycles. The summed E-state index contributed by atoms with van der Waals surface area (Å²) in [4.78, 5) is 12.6. The van der Waals surface area contributed by atoms with E-state index >= 15 is 0 Å². The molecule has 1 heterocycles. The van der Waals surface area contributed by atoms with Gasteiger partial charge in [-0.3, -0.25) is 10.2 Å². The first kappa shape index (κ1) is 16.1. The van der Waals surface area contributed by atoms with E-state index in [0.717, 1.165) is 5.56 Å². The van der Waals surface area contributed by atoms with Gasteiger partial charge >= 0.3 is 0 Å². The highest BCUT2D eigenvalue weighted by Gasteiger charge is 2.14. The molecule has 0 atom stereocenters. The SMILES string of the molecule is COc1ccc(C)cc1NC(=O)c1cc2cc(Cl)ccc2oc1=N. The van der Waals surface area contributed by atoms with Gasteiger partial charge in [0, 0.05) is 10.4 Å². The summed E-state index contributed by atoms with van der Waals surface area (Å²) in [5.74, 6) is 0.0933. The average molecular weight is 343 g/mol. The smallest absolute Gasteiger partial charge is 0.261 e. The highest BCUT2D eigenvalue weighted by atomic mass is 35.5. The van der Waals surface area contributed by atoms with Crippen LogP contribution in [0.5, 0.6) is 5.75 Å². The zero-order chi connectivity index (χ0) is 17.3. The van der Waals surface area contributed by atoms with Crippen molar-refractivity contribution in [2.75, 3.05) is 12.4 Å². The number of carbonyl (C=O) groups is 1. The number of methoxy groups -OCH3 is 1. The lowest BCUT2D eigenvalue weighted by Gasteiger charge is -2.11. The van der Waals surface area contributed by atoms with Gasteiger partial charge in [-0.15, -0.1) is 0 Å². The van der Waals surface area contributed by atoms with E-state index in [0.29, 0.717) is 27.4 Å². The summed E-state index contributed by atoms with van der Waals surface area (Å²) in [5.41, 5.74) is 1.91. The molecule has 0 saturated carbocycles. The van der Waals surface area contributed by atoms with Gasteiger partial charge in [-0.2, -0.15) is 0 Å². The van der Waals surface area contributed by atoms with Crippen LogP contribution in [0.2, 0.25) is 5.02 Å². The lowest BCUT2D eigenvalue weighted by molar-refractivity contribution is 0.102. The van der Waals surface area contributed by atoms with Crippen LogP contribution < -0.4 is 15.6 Å². The summed E-state index contributed by atoms with van der Waals surface area (Å²) >= 11 is 5.97. The Bertz CT molecular complexity index is 995. The van der Waals surface area contributed by atoms with Crippen molar-refractivity contribution in [1.82, 2.24) is 0 Å². The summed E-state index contributed by atoms with van der Waals surface area (Å²) < 4.78 is 10.7. The normalized spacial score (nSPS) is 10.6. The number of nitrogens with one attached hydrogen (secondary N) is 2. The number of rotatable bonds is 3. The van der Waals surface area contributed by atoms with Crippen LogP contribution in [-0.2, 0) is 0 Å². The fourth-order valence-corrected chi connectivity index (χ4v) is 2.57. The van der Waals surface area contributed by atoms with E-state index in [1.807, 2.05) is 13.0 Å². The quantitative estimate of drug-likeness (QED) is 0.751. The molecule has 0 bridgehead atoms. The fraction of sp³-hybridized carbons (Fsp3) is 0.111. The highest BCUT2D eigenvalue weighted by Crippen LogP contribution is 2.26. The number of anilines is 1. The summed E-state index contributed by atoms with van der Waals surface area (Å²) in [6, 6.07) is 12.1. The Kier molecular flexibility index (Phi) is 4.27. The van der Waals surface area contributed by atoms with Crippen molar-refractivity contribution in [3.63, 3.8) is 0 Å². The van der Waals surface area contributed by atoms with Crippen LogP contribution in [0.1, 0.15) is 15.9 Å². The molecule has 2 N–H and O–H groups in total. The average Bonchev–Trinajstić information content (AvgIpc) is 2.54. The van der Waals surface area contributed by atoms with Gasteiger partial charge in [0.05, 0.1) is 12.8 Å². The predicted octanol–water partition coefficient (Wildman–Crippen LogP) is 4.13. The molecule has 3 aromatic rings. The maximum atomic E-state index is 12.6. The summed E-state index contributed by atoms with van der Waals surface area (Å²) in [6.45, 7) is 1.92. The summed E-state index contributed by atoms with van der Waals surface area (Å²) in [7, 11) is 1.53. The third kappa shape index (κ3) is 3.12. The summed E-state index contributed by atoms with van der Waals surface area (Å²) in [6.07, 6.45) is 0. The van der Waals surface area contributed by atoms with Crippen LogP contribution >= 0.6 is 11.6 Å². The van der Waals surface area contributed by atoms with E-state index in [1.54, 1.807) is 36.4 Å². The van der Waals surface area contributed by atoms with E-state index in [4.69, 9.17) is 26.2 Å². The Hall–Kier alpha value is -2.79. The second-order valence-corrected chi connectivity index (χ2v) is 5.77. The second kappa shape index (κ2) is 6.37.